The van der Waals surface area contributed by atoms with E-state index in [2.05, 4.69) is 10.1 Å². The minimum atomic E-state index is -4.30. The first-order chi connectivity index (χ1) is 19.1. The lowest BCUT2D eigenvalue weighted by Crippen LogP contribution is -2.43. The summed E-state index contributed by atoms with van der Waals surface area (Å²) in [7, 11) is -4.30. The fraction of sp³-hybridized carbons (Fsp3) is 0.500. The number of benzene rings is 1. The van der Waals surface area contributed by atoms with Crippen molar-refractivity contribution in [1.29, 1.82) is 0 Å². The number of aromatic nitrogens is 2. The number of rotatable bonds is 2. The summed E-state index contributed by atoms with van der Waals surface area (Å²) in [5.74, 6) is -0.298. The Morgan fingerprint density at radius 1 is 1.18 bits per heavy atom. The molecule has 4 bridgehead atoms. The van der Waals surface area contributed by atoms with Crippen molar-refractivity contribution in [1.82, 2.24) is 14.6 Å². The van der Waals surface area contributed by atoms with Crippen molar-refractivity contribution < 1.29 is 42.1 Å². The van der Waals surface area contributed by atoms with Gasteiger partial charge in [0.2, 0.25) is 0 Å². The fourth-order valence-corrected chi connectivity index (χ4v) is 5.66. The van der Waals surface area contributed by atoms with E-state index in [-0.39, 0.29) is 24.7 Å². The second-order valence-corrected chi connectivity index (χ2v) is 11.3. The predicted molar refractivity (Wildman–Crippen MR) is 141 cm³/mol. The number of para-hydroxylation sites is 1. The van der Waals surface area contributed by atoms with Gasteiger partial charge in [-0.25, -0.2) is 13.8 Å². The third-order valence-electron chi connectivity index (χ3n) is 6.32. The monoisotopic (exact) mass is 581 g/mol. The quantitative estimate of drug-likeness (QED) is 0.306. The van der Waals surface area contributed by atoms with E-state index < -0.39 is 56.2 Å². The molecule has 2 aliphatic rings. The molecular formula is C26H33FN3O9P. The van der Waals surface area contributed by atoms with E-state index in [1.54, 1.807) is 18.2 Å². The van der Waals surface area contributed by atoms with Crippen LogP contribution in [0.1, 0.15) is 39.3 Å². The van der Waals surface area contributed by atoms with Crippen LogP contribution in [0.15, 0.2) is 59.7 Å². The molecule has 1 saturated heterocycles. The zero-order valence-electron chi connectivity index (χ0n) is 22.2. The summed E-state index contributed by atoms with van der Waals surface area (Å²) in [6, 6.07) is 6.99. The number of ether oxygens (including phenoxy) is 3. The summed E-state index contributed by atoms with van der Waals surface area (Å²) in [5, 5.41) is 13.3. The molecule has 1 fully saturated rings. The topological polar surface area (TPSA) is 147 Å². The first kappa shape index (κ1) is 29.9. The molecule has 1 aromatic carbocycles. The molecule has 0 radical (unpaired) electrons. The van der Waals surface area contributed by atoms with Gasteiger partial charge in [0, 0.05) is 0 Å². The summed E-state index contributed by atoms with van der Waals surface area (Å²) < 4.78 is 58.2. The van der Waals surface area contributed by atoms with Gasteiger partial charge in [-0.2, -0.15) is 10.1 Å². The average molecular weight is 582 g/mol. The zero-order chi connectivity index (χ0) is 28.8. The largest absolute Gasteiger partial charge is 0.490 e. The van der Waals surface area contributed by atoms with Crippen molar-refractivity contribution in [2.45, 2.75) is 63.3 Å². The molecule has 4 rings (SSSR count). The number of aliphatic hydroxyl groups excluding tert-OH is 1. The van der Waals surface area contributed by atoms with Crippen LogP contribution in [0.4, 0.5) is 4.39 Å². The third-order valence-corrected chi connectivity index (χ3v) is 7.97. The van der Waals surface area contributed by atoms with E-state index in [1.165, 1.54) is 31.5 Å². The normalized spacial score (nSPS) is 33.1. The maximum atomic E-state index is 15.8. The van der Waals surface area contributed by atoms with E-state index in [9.17, 15) is 19.3 Å². The smallest absolute Gasteiger partial charge is 0.459 e. The molecule has 6 atom stereocenters. The predicted octanol–water partition coefficient (Wildman–Crippen LogP) is 3.07. The summed E-state index contributed by atoms with van der Waals surface area (Å²) in [5.41, 5.74) is -3.28. The van der Waals surface area contributed by atoms with Gasteiger partial charge in [0.25, 0.3) is 0 Å². The number of esters is 1. The number of allylic oxidation sites excluding steroid dienone is 1. The lowest BCUT2D eigenvalue weighted by Gasteiger charge is -2.25. The molecule has 0 saturated carbocycles. The summed E-state index contributed by atoms with van der Waals surface area (Å²) >= 11 is 0. The minimum absolute atomic E-state index is 0.141. The van der Waals surface area contributed by atoms with Gasteiger partial charge in [0.15, 0.2) is 17.6 Å². The first-order valence-corrected chi connectivity index (χ1v) is 14.5. The van der Waals surface area contributed by atoms with Crippen molar-refractivity contribution in [2.24, 2.45) is 0 Å². The Bertz CT molecular complexity index is 1290. The second-order valence-electron chi connectivity index (χ2n) is 9.57. The molecule has 2 N–H and O–H groups in total. The number of aliphatic hydroxyl groups is 1. The Balaban J connectivity index is 1.61. The average Bonchev–Trinajstić information content (AvgIpc) is 3.15. The number of carbonyl (C=O) groups excluding carboxylic acids is 1. The van der Waals surface area contributed by atoms with Gasteiger partial charge < -0.3 is 23.8 Å². The number of fused-ring (bicyclic) bond motifs is 5. The van der Waals surface area contributed by atoms with Crippen LogP contribution in [0.5, 0.6) is 11.5 Å². The maximum absolute atomic E-state index is 15.8. The van der Waals surface area contributed by atoms with Crippen molar-refractivity contribution in [2.75, 3.05) is 19.8 Å². The minimum Gasteiger partial charge on any atom is -0.490 e. The highest BCUT2D eigenvalue weighted by atomic mass is 31.2. The number of hydrogen-bond acceptors (Lipinski definition) is 10. The molecule has 0 aliphatic carbocycles. The second kappa shape index (κ2) is 13.0. The van der Waals surface area contributed by atoms with Crippen LogP contribution in [0.3, 0.4) is 0 Å². The van der Waals surface area contributed by atoms with Crippen molar-refractivity contribution in [3.05, 3.63) is 65.4 Å². The maximum Gasteiger partial charge on any atom is 0.459 e. The molecule has 40 heavy (non-hydrogen) atoms. The first-order valence-electron chi connectivity index (χ1n) is 12.9. The van der Waals surface area contributed by atoms with Crippen molar-refractivity contribution >= 4 is 13.7 Å². The molecule has 218 valence electrons. The summed E-state index contributed by atoms with van der Waals surface area (Å²) in [6.07, 6.45) is 3.31. The van der Waals surface area contributed by atoms with Crippen molar-refractivity contribution in [3.8, 4) is 11.5 Å². The molecule has 1 aromatic heterocycles. The third kappa shape index (κ3) is 7.35. The Kier molecular flexibility index (Phi) is 9.75. The van der Waals surface area contributed by atoms with E-state index >= 15 is 4.39 Å². The van der Waals surface area contributed by atoms with Gasteiger partial charge >= 0.3 is 19.4 Å². The van der Waals surface area contributed by atoms with E-state index in [0.717, 1.165) is 11.5 Å². The van der Waals surface area contributed by atoms with Gasteiger partial charge in [-0.15, -0.1) is 0 Å². The summed E-state index contributed by atoms with van der Waals surface area (Å²) in [4.78, 5) is 28.8. The standard InChI is InChI=1S/C26H33FN3O9P/c1-18-23(32)36-14-10-5-3-4-9-13-35-20-15-28-25(33)30(16-20)24-26(2,27)22(31)21(38-24)17-37-40(34,29-18)39-19-11-7-6-8-12-19/h3-4,6-8,11-12,15-16,18,21-22,24,31H,5,9-10,13-14,17H2,1-2H3,(H,29,34)/b4-3+/t18-,21-,22-,24-,26-,40?/m1/s1. The molecule has 14 heteroatoms. The molecule has 3 heterocycles. The van der Waals surface area contributed by atoms with E-state index in [0.29, 0.717) is 19.3 Å². The number of nitrogens with zero attached hydrogens (tertiary/aromatic N) is 2. The van der Waals surface area contributed by atoms with Gasteiger partial charge in [-0.3, -0.25) is 13.9 Å². The number of nitrogens with one attached hydrogen (secondary N) is 1. The van der Waals surface area contributed by atoms with Crippen LogP contribution in [0, 0.1) is 0 Å². The number of carbonyl (C=O) groups is 1. The van der Waals surface area contributed by atoms with Gasteiger partial charge in [0.05, 0.1) is 32.2 Å². The van der Waals surface area contributed by atoms with E-state index in [4.69, 9.17) is 23.3 Å². The SMILES string of the molecule is C[C@H]1NP(=O)(Oc2ccccc2)OC[C@H]2O[C@@H](n3cc(cnc3=O)OCC/C=C/CCCOC1=O)[C@](C)(F)[C@@H]2O. The highest BCUT2D eigenvalue weighted by molar-refractivity contribution is 7.52. The van der Waals surface area contributed by atoms with Crippen molar-refractivity contribution in [3.63, 3.8) is 0 Å². The fourth-order valence-electron chi connectivity index (χ4n) is 4.16. The highest BCUT2D eigenvalue weighted by Crippen LogP contribution is 2.47. The summed E-state index contributed by atoms with van der Waals surface area (Å²) in [6.45, 7) is 2.30. The molecule has 0 amide bonds. The van der Waals surface area contributed by atoms with E-state index in [1.807, 2.05) is 12.2 Å². The van der Waals surface area contributed by atoms with Crippen LogP contribution >= 0.6 is 7.75 Å². The van der Waals surface area contributed by atoms with Gasteiger partial charge in [0.1, 0.15) is 24.0 Å². The van der Waals surface area contributed by atoms with Gasteiger partial charge in [-0.1, -0.05) is 30.4 Å². The van der Waals surface area contributed by atoms with Gasteiger partial charge in [-0.05, 0) is 45.2 Å². The van der Waals surface area contributed by atoms with Crippen LogP contribution in [-0.2, 0) is 23.4 Å². The van der Waals surface area contributed by atoms with Crippen LogP contribution in [0.2, 0.25) is 0 Å². The van der Waals surface area contributed by atoms with Crippen LogP contribution in [0.25, 0.3) is 0 Å². The molecule has 1 unspecified atom stereocenters. The Morgan fingerprint density at radius 3 is 2.70 bits per heavy atom. The van der Waals surface area contributed by atoms with Crippen LogP contribution < -0.4 is 20.0 Å². The zero-order valence-corrected chi connectivity index (χ0v) is 23.1. The lowest BCUT2D eigenvalue weighted by atomic mass is 9.98. The number of alkyl halides is 1. The number of cyclic esters (lactones) is 1. The number of hydrogen-bond donors (Lipinski definition) is 2. The molecule has 2 aromatic rings. The number of halogens is 1. The molecule has 0 spiro atoms. The Morgan fingerprint density at radius 2 is 1.93 bits per heavy atom. The molecular weight excluding hydrogens is 548 g/mol. The molecule has 12 nitrogen and oxygen atoms in total. The Labute approximate surface area is 230 Å². The van der Waals surface area contributed by atoms with Crippen LogP contribution in [-0.4, -0.2) is 64.4 Å². The Hall–Kier alpha value is -3.09. The molecule has 2 aliphatic heterocycles. The lowest BCUT2D eigenvalue weighted by molar-refractivity contribution is -0.145. The highest BCUT2D eigenvalue weighted by Gasteiger charge is 2.56.